The highest BCUT2D eigenvalue weighted by atomic mass is 35.5. The average molecular weight is 478 g/mol. The maximum Gasteiger partial charge on any atom is 0.254 e. The second kappa shape index (κ2) is 9.64. The molecule has 2 aromatic rings. The SMILES string of the molecule is O=C(NCCc1ccc(S(=O)(=O)N2CCOCC2)cc1)c1c(Cl)ccc(Cl)c1Cl. The number of ether oxygens (including phenoxy) is 1. The summed E-state index contributed by atoms with van der Waals surface area (Å²) in [6.45, 7) is 1.83. The van der Waals surface area contributed by atoms with Gasteiger partial charge in [0.2, 0.25) is 10.0 Å². The Morgan fingerprint density at radius 1 is 1.00 bits per heavy atom. The van der Waals surface area contributed by atoms with Crippen molar-refractivity contribution in [2.45, 2.75) is 11.3 Å². The highest BCUT2D eigenvalue weighted by molar-refractivity contribution is 7.89. The molecule has 1 N–H and O–H groups in total. The standard InChI is InChI=1S/C19H19Cl3N2O4S/c20-15-5-6-16(21)18(22)17(15)19(25)23-8-7-13-1-3-14(4-2-13)29(26,27)24-9-11-28-12-10-24/h1-6H,7-12H2,(H,23,25). The topological polar surface area (TPSA) is 75.7 Å². The van der Waals surface area contributed by atoms with Gasteiger partial charge in [0.15, 0.2) is 0 Å². The molecule has 0 bridgehead atoms. The van der Waals surface area contributed by atoms with E-state index in [1.807, 2.05) is 0 Å². The molecular weight excluding hydrogens is 459 g/mol. The third-order valence-corrected chi connectivity index (χ3v) is 7.53. The van der Waals surface area contributed by atoms with E-state index in [0.717, 1.165) is 5.56 Å². The molecular formula is C19H19Cl3N2O4S. The van der Waals surface area contributed by atoms with Gasteiger partial charge in [0.25, 0.3) is 5.91 Å². The van der Waals surface area contributed by atoms with E-state index in [0.29, 0.717) is 39.3 Å². The molecule has 29 heavy (non-hydrogen) atoms. The van der Waals surface area contributed by atoms with Gasteiger partial charge in [-0.15, -0.1) is 0 Å². The first-order valence-electron chi connectivity index (χ1n) is 8.89. The summed E-state index contributed by atoms with van der Waals surface area (Å²) in [5, 5.41) is 3.32. The van der Waals surface area contributed by atoms with Crippen molar-refractivity contribution < 1.29 is 17.9 Å². The molecule has 1 heterocycles. The molecule has 3 rings (SSSR count). The number of rotatable bonds is 6. The summed E-state index contributed by atoms with van der Waals surface area (Å²) < 4.78 is 31.9. The van der Waals surface area contributed by atoms with Gasteiger partial charge in [0.05, 0.1) is 38.7 Å². The fourth-order valence-corrected chi connectivity index (χ4v) is 5.02. The zero-order valence-corrected chi connectivity index (χ0v) is 18.4. The van der Waals surface area contributed by atoms with Gasteiger partial charge < -0.3 is 10.1 Å². The first kappa shape index (κ1) is 22.3. The van der Waals surface area contributed by atoms with Crippen LogP contribution in [0, 0.1) is 0 Å². The molecule has 156 valence electrons. The Hall–Kier alpha value is -1.35. The summed E-state index contributed by atoms with van der Waals surface area (Å²) in [5.74, 6) is -0.422. The summed E-state index contributed by atoms with van der Waals surface area (Å²) in [6, 6.07) is 9.66. The van der Waals surface area contributed by atoms with Gasteiger partial charge in [-0.05, 0) is 36.2 Å². The summed E-state index contributed by atoms with van der Waals surface area (Å²) >= 11 is 18.0. The zero-order valence-electron chi connectivity index (χ0n) is 15.3. The lowest BCUT2D eigenvalue weighted by atomic mass is 10.1. The van der Waals surface area contributed by atoms with Crippen LogP contribution in [0.2, 0.25) is 15.1 Å². The third kappa shape index (κ3) is 5.23. The molecule has 1 saturated heterocycles. The molecule has 0 spiro atoms. The molecule has 0 unspecified atom stereocenters. The van der Waals surface area contributed by atoms with Crippen LogP contribution in [0.4, 0.5) is 0 Å². The summed E-state index contributed by atoms with van der Waals surface area (Å²) in [6.07, 6.45) is 0.513. The van der Waals surface area contributed by atoms with Gasteiger partial charge >= 0.3 is 0 Å². The number of sulfonamides is 1. The fourth-order valence-electron chi connectivity index (χ4n) is 2.91. The zero-order chi connectivity index (χ0) is 21.0. The lowest BCUT2D eigenvalue weighted by molar-refractivity contribution is 0.0730. The average Bonchev–Trinajstić information content (AvgIpc) is 2.72. The van der Waals surface area contributed by atoms with Crippen molar-refractivity contribution in [1.29, 1.82) is 0 Å². The molecule has 1 aliphatic heterocycles. The van der Waals surface area contributed by atoms with E-state index in [-0.39, 0.29) is 25.5 Å². The number of halogens is 3. The Morgan fingerprint density at radius 3 is 2.28 bits per heavy atom. The quantitative estimate of drug-likeness (QED) is 0.645. The predicted octanol–water partition coefficient (Wildman–Crippen LogP) is 3.64. The van der Waals surface area contributed by atoms with Crippen molar-refractivity contribution in [2.75, 3.05) is 32.8 Å². The Kier molecular flexibility index (Phi) is 7.42. The van der Waals surface area contributed by atoms with Gasteiger partial charge in [-0.3, -0.25) is 4.79 Å². The Bertz CT molecular complexity index is 991. The molecule has 0 aliphatic carbocycles. The largest absolute Gasteiger partial charge is 0.379 e. The minimum Gasteiger partial charge on any atom is -0.379 e. The molecule has 0 atom stereocenters. The molecule has 2 aromatic carbocycles. The van der Waals surface area contributed by atoms with Crippen LogP contribution in [0.3, 0.4) is 0 Å². The molecule has 1 amide bonds. The summed E-state index contributed by atoms with van der Waals surface area (Å²) in [7, 11) is -3.52. The van der Waals surface area contributed by atoms with Crippen molar-refractivity contribution in [2.24, 2.45) is 0 Å². The van der Waals surface area contributed by atoms with E-state index >= 15 is 0 Å². The highest BCUT2D eigenvalue weighted by Crippen LogP contribution is 2.31. The minimum absolute atomic E-state index is 0.106. The maximum absolute atomic E-state index is 12.6. The number of hydrogen-bond donors (Lipinski definition) is 1. The second-order valence-electron chi connectivity index (χ2n) is 6.38. The molecule has 6 nitrogen and oxygen atoms in total. The van der Waals surface area contributed by atoms with E-state index < -0.39 is 15.9 Å². The number of nitrogens with one attached hydrogen (secondary N) is 1. The number of benzene rings is 2. The van der Waals surface area contributed by atoms with Crippen LogP contribution in [0.15, 0.2) is 41.3 Å². The third-order valence-electron chi connectivity index (χ3n) is 4.50. The molecule has 1 fully saturated rings. The summed E-state index contributed by atoms with van der Waals surface area (Å²) in [4.78, 5) is 12.6. The van der Waals surface area contributed by atoms with Crippen molar-refractivity contribution >= 4 is 50.7 Å². The van der Waals surface area contributed by atoms with Gasteiger partial charge in [-0.25, -0.2) is 8.42 Å². The number of carbonyl (C=O) groups is 1. The first-order valence-corrected chi connectivity index (χ1v) is 11.5. The summed E-state index contributed by atoms with van der Waals surface area (Å²) in [5.41, 5.74) is 1.02. The molecule has 1 aliphatic rings. The number of amides is 1. The van der Waals surface area contributed by atoms with Crippen LogP contribution in [0.25, 0.3) is 0 Å². The number of morpholine rings is 1. The van der Waals surface area contributed by atoms with E-state index in [1.54, 1.807) is 24.3 Å². The van der Waals surface area contributed by atoms with Crippen LogP contribution in [0.1, 0.15) is 15.9 Å². The first-order chi connectivity index (χ1) is 13.8. The Balaban J connectivity index is 1.60. The van der Waals surface area contributed by atoms with E-state index in [4.69, 9.17) is 39.5 Å². The van der Waals surface area contributed by atoms with Gasteiger partial charge in [0.1, 0.15) is 0 Å². The molecule has 0 aromatic heterocycles. The van der Waals surface area contributed by atoms with Crippen LogP contribution >= 0.6 is 34.8 Å². The van der Waals surface area contributed by atoms with Crippen molar-refractivity contribution in [1.82, 2.24) is 9.62 Å². The molecule has 0 radical (unpaired) electrons. The van der Waals surface area contributed by atoms with Crippen molar-refractivity contribution in [3.8, 4) is 0 Å². The molecule has 0 saturated carbocycles. The number of carbonyl (C=O) groups excluding carboxylic acids is 1. The van der Waals surface area contributed by atoms with Crippen LogP contribution in [-0.4, -0.2) is 51.5 Å². The van der Waals surface area contributed by atoms with Gasteiger partial charge in [0, 0.05) is 19.6 Å². The fraction of sp³-hybridized carbons (Fsp3) is 0.316. The monoisotopic (exact) mass is 476 g/mol. The molecule has 10 heteroatoms. The van der Waals surface area contributed by atoms with E-state index in [9.17, 15) is 13.2 Å². The Morgan fingerprint density at radius 2 is 1.62 bits per heavy atom. The van der Waals surface area contributed by atoms with Crippen LogP contribution < -0.4 is 5.32 Å². The minimum atomic E-state index is -3.52. The lowest BCUT2D eigenvalue weighted by Crippen LogP contribution is -2.40. The maximum atomic E-state index is 12.6. The lowest BCUT2D eigenvalue weighted by Gasteiger charge is -2.26. The van der Waals surface area contributed by atoms with Gasteiger partial charge in [-0.2, -0.15) is 4.31 Å². The predicted molar refractivity (Wildman–Crippen MR) is 114 cm³/mol. The highest BCUT2D eigenvalue weighted by Gasteiger charge is 2.26. The number of nitrogens with zero attached hydrogens (tertiary/aromatic N) is 1. The van der Waals surface area contributed by atoms with Crippen molar-refractivity contribution in [3.05, 3.63) is 62.6 Å². The van der Waals surface area contributed by atoms with Crippen LogP contribution in [-0.2, 0) is 21.2 Å². The van der Waals surface area contributed by atoms with Crippen molar-refractivity contribution in [3.63, 3.8) is 0 Å². The Labute approximate surface area is 184 Å². The van der Waals surface area contributed by atoms with E-state index in [1.165, 1.54) is 16.4 Å². The normalized spacial score (nSPS) is 15.3. The smallest absolute Gasteiger partial charge is 0.254 e. The number of hydrogen-bond acceptors (Lipinski definition) is 4. The van der Waals surface area contributed by atoms with Gasteiger partial charge in [-0.1, -0.05) is 46.9 Å². The second-order valence-corrected chi connectivity index (χ2v) is 9.51. The van der Waals surface area contributed by atoms with Crippen LogP contribution in [0.5, 0.6) is 0 Å². The van der Waals surface area contributed by atoms with E-state index in [2.05, 4.69) is 5.32 Å².